The summed E-state index contributed by atoms with van der Waals surface area (Å²) in [7, 11) is 3.92. The smallest absolute Gasteiger partial charge is 0.408 e. The Morgan fingerprint density at radius 3 is 2.88 bits per heavy atom. The quantitative estimate of drug-likeness (QED) is 0.834. The first-order valence-electron chi connectivity index (χ1n) is 5.52. The maximum atomic E-state index is 11.1. The van der Waals surface area contributed by atoms with Gasteiger partial charge in [0.2, 0.25) is 0 Å². The molecular weight excluding hydrogens is 220 g/mol. The molecule has 0 amide bonds. The minimum Gasteiger partial charge on any atom is -0.408 e. The fourth-order valence-corrected chi connectivity index (χ4v) is 2.02. The van der Waals surface area contributed by atoms with Gasteiger partial charge in [0.15, 0.2) is 5.58 Å². The molecule has 0 radical (unpaired) electrons. The van der Waals surface area contributed by atoms with E-state index in [1.807, 2.05) is 31.1 Å². The van der Waals surface area contributed by atoms with Crippen molar-refractivity contribution in [3.05, 3.63) is 34.3 Å². The Morgan fingerprint density at radius 1 is 1.47 bits per heavy atom. The number of H-pyrrole nitrogens is 1. The van der Waals surface area contributed by atoms with Crippen molar-refractivity contribution in [1.29, 1.82) is 0 Å². The number of aliphatic hydroxyl groups excluding tert-OH is 1. The van der Waals surface area contributed by atoms with Gasteiger partial charge in [-0.2, -0.15) is 0 Å². The molecule has 0 fully saturated rings. The summed E-state index contributed by atoms with van der Waals surface area (Å²) in [4.78, 5) is 15.7. The topological polar surface area (TPSA) is 69.5 Å². The van der Waals surface area contributed by atoms with Crippen LogP contribution in [0, 0.1) is 0 Å². The van der Waals surface area contributed by atoms with E-state index in [1.54, 1.807) is 6.07 Å². The summed E-state index contributed by atoms with van der Waals surface area (Å²) >= 11 is 0. The number of aliphatic hydroxyl groups is 1. The van der Waals surface area contributed by atoms with E-state index >= 15 is 0 Å². The number of nitrogens with one attached hydrogen (secondary N) is 1. The van der Waals surface area contributed by atoms with Gasteiger partial charge in [0.25, 0.3) is 0 Å². The number of benzene rings is 1. The van der Waals surface area contributed by atoms with E-state index in [4.69, 9.17) is 9.52 Å². The molecule has 1 unspecified atom stereocenters. The Morgan fingerprint density at radius 2 is 2.24 bits per heavy atom. The molecular formula is C12H16N2O3. The van der Waals surface area contributed by atoms with Crippen molar-refractivity contribution in [3.63, 3.8) is 0 Å². The summed E-state index contributed by atoms with van der Waals surface area (Å²) in [5, 5.41) is 9.06. The van der Waals surface area contributed by atoms with E-state index in [9.17, 15) is 4.79 Å². The second-order valence-electron chi connectivity index (χ2n) is 4.26. The van der Waals surface area contributed by atoms with E-state index in [1.165, 1.54) is 0 Å². The number of hydrogen-bond acceptors (Lipinski definition) is 4. The standard InChI is InChI=1S/C12H16N2O3/c1-14(2)10(5-6-15)8-3-4-11-9(7-8)13-12(16)17-11/h3-4,7,10,15H,5-6H2,1-2H3,(H,13,16). The predicted octanol–water partition coefficient (Wildman–Crippen LogP) is 1.11. The second-order valence-corrected chi connectivity index (χ2v) is 4.26. The fraction of sp³-hybridized carbons (Fsp3) is 0.417. The number of rotatable bonds is 4. The molecule has 1 aromatic carbocycles. The minimum atomic E-state index is -0.444. The molecule has 0 spiro atoms. The zero-order chi connectivity index (χ0) is 12.4. The lowest BCUT2D eigenvalue weighted by atomic mass is 10.0. The Labute approximate surface area is 98.7 Å². The molecule has 5 heteroatoms. The zero-order valence-electron chi connectivity index (χ0n) is 9.93. The lowest BCUT2D eigenvalue weighted by Crippen LogP contribution is -2.20. The van der Waals surface area contributed by atoms with Crippen LogP contribution in [-0.2, 0) is 0 Å². The van der Waals surface area contributed by atoms with E-state index in [0.717, 1.165) is 5.56 Å². The number of nitrogens with zero attached hydrogens (tertiary/aromatic N) is 1. The van der Waals surface area contributed by atoms with Gasteiger partial charge in [-0.05, 0) is 38.2 Å². The molecule has 92 valence electrons. The third-order valence-electron chi connectivity index (χ3n) is 2.85. The Hall–Kier alpha value is -1.59. The number of fused-ring (bicyclic) bond motifs is 1. The third-order valence-corrected chi connectivity index (χ3v) is 2.85. The van der Waals surface area contributed by atoms with E-state index < -0.39 is 5.76 Å². The van der Waals surface area contributed by atoms with Crippen molar-refractivity contribution < 1.29 is 9.52 Å². The number of oxazole rings is 1. The first-order valence-corrected chi connectivity index (χ1v) is 5.52. The molecule has 2 aromatic rings. The van der Waals surface area contributed by atoms with Gasteiger partial charge in [0.1, 0.15) is 0 Å². The molecule has 2 N–H and O–H groups in total. The monoisotopic (exact) mass is 236 g/mol. The van der Waals surface area contributed by atoms with Crippen LogP contribution >= 0.6 is 0 Å². The van der Waals surface area contributed by atoms with E-state index in [2.05, 4.69) is 4.98 Å². The van der Waals surface area contributed by atoms with Crippen molar-refractivity contribution in [2.24, 2.45) is 0 Å². The molecule has 1 heterocycles. The number of aromatic nitrogens is 1. The van der Waals surface area contributed by atoms with Crippen molar-refractivity contribution in [1.82, 2.24) is 9.88 Å². The van der Waals surface area contributed by atoms with Crippen LogP contribution < -0.4 is 5.76 Å². The maximum Gasteiger partial charge on any atom is 0.417 e. The van der Waals surface area contributed by atoms with E-state index in [0.29, 0.717) is 17.5 Å². The molecule has 2 rings (SSSR count). The highest BCUT2D eigenvalue weighted by Gasteiger charge is 2.14. The van der Waals surface area contributed by atoms with Crippen molar-refractivity contribution in [2.45, 2.75) is 12.5 Å². The highest BCUT2D eigenvalue weighted by Crippen LogP contribution is 2.24. The zero-order valence-corrected chi connectivity index (χ0v) is 9.93. The lowest BCUT2D eigenvalue weighted by Gasteiger charge is -2.23. The maximum absolute atomic E-state index is 11.1. The van der Waals surface area contributed by atoms with Gasteiger partial charge < -0.3 is 14.4 Å². The number of hydrogen-bond donors (Lipinski definition) is 2. The van der Waals surface area contributed by atoms with Crippen LogP contribution in [0.3, 0.4) is 0 Å². The van der Waals surface area contributed by atoms with Crippen molar-refractivity contribution >= 4 is 11.1 Å². The Balaban J connectivity index is 2.42. The van der Waals surface area contributed by atoms with Crippen LogP contribution in [0.15, 0.2) is 27.4 Å². The average Bonchev–Trinajstić information content (AvgIpc) is 2.64. The summed E-state index contributed by atoms with van der Waals surface area (Å²) < 4.78 is 4.95. The highest BCUT2D eigenvalue weighted by molar-refractivity contribution is 5.72. The third kappa shape index (κ3) is 2.40. The molecule has 0 aliphatic rings. The van der Waals surface area contributed by atoms with Gasteiger partial charge in [-0.25, -0.2) is 4.79 Å². The average molecular weight is 236 g/mol. The Kier molecular flexibility index (Phi) is 3.31. The molecule has 17 heavy (non-hydrogen) atoms. The molecule has 1 aromatic heterocycles. The summed E-state index contributed by atoms with van der Waals surface area (Å²) in [5.41, 5.74) is 2.30. The normalized spacial score (nSPS) is 13.4. The van der Waals surface area contributed by atoms with Crippen LogP contribution in [0.2, 0.25) is 0 Å². The Bertz CT molecular complexity index is 556. The SMILES string of the molecule is CN(C)C(CCO)c1ccc2oc(=O)[nH]c2c1. The molecule has 0 aliphatic heterocycles. The summed E-state index contributed by atoms with van der Waals surface area (Å²) in [6, 6.07) is 5.71. The number of aromatic amines is 1. The first kappa shape index (κ1) is 11.9. The highest BCUT2D eigenvalue weighted by atomic mass is 16.4. The summed E-state index contributed by atoms with van der Waals surface area (Å²) in [6.45, 7) is 0.128. The molecule has 0 bridgehead atoms. The van der Waals surface area contributed by atoms with E-state index in [-0.39, 0.29) is 12.6 Å². The lowest BCUT2D eigenvalue weighted by molar-refractivity contribution is 0.211. The van der Waals surface area contributed by atoms with Crippen LogP contribution in [0.5, 0.6) is 0 Å². The minimum absolute atomic E-state index is 0.128. The predicted molar refractivity (Wildman–Crippen MR) is 65.0 cm³/mol. The van der Waals surface area contributed by atoms with Crippen molar-refractivity contribution in [3.8, 4) is 0 Å². The van der Waals surface area contributed by atoms with Gasteiger partial charge in [0.05, 0.1) is 5.52 Å². The van der Waals surface area contributed by atoms with Gasteiger partial charge in [-0.1, -0.05) is 6.07 Å². The van der Waals surface area contributed by atoms with Crippen LogP contribution in [0.4, 0.5) is 0 Å². The molecule has 0 aliphatic carbocycles. The molecule has 5 nitrogen and oxygen atoms in total. The van der Waals surface area contributed by atoms with Crippen molar-refractivity contribution in [2.75, 3.05) is 20.7 Å². The van der Waals surface area contributed by atoms with Crippen LogP contribution in [0.1, 0.15) is 18.0 Å². The van der Waals surface area contributed by atoms with Gasteiger partial charge in [0, 0.05) is 12.6 Å². The largest absolute Gasteiger partial charge is 0.417 e. The van der Waals surface area contributed by atoms with Gasteiger partial charge >= 0.3 is 5.76 Å². The molecule has 1 atom stereocenters. The van der Waals surface area contributed by atoms with Gasteiger partial charge in [-0.15, -0.1) is 0 Å². The van der Waals surface area contributed by atoms with Crippen LogP contribution in [0.25, 0.3) is 11.1 Å². The fourth-order valence-electron chi connectivity index (χ4n) is 2.02. The molecule has 0 saturated carbocycles. The second kappa shape index (κ2) is 4.73. The van der Waals surface area contributed by atoms with Crippen LogP contribution in [-0.4, -0.2) is 35.7 Å². The summed E-state index contributed by atoms with van der Waals surface area (Å²) in [5.74, 6) is -0.444. The molecule has 0 saturated heterocycles. The van der Waals surface area contributed by atoms with Gasteiger partial charge in [-0.3, -0.25) is 4.98 Å². The first-order chi connectivity index (χ1) is 8.11. The summed E-state index contributed by atoms with van der Waals surface area (Å²) in [6.07, 6.45) is 0.653.